The van der Waals surface area contributed by atoms with E-state index in [-0.39, 0.29) is 5.91 Å². The zero-order chi connectivity index (χ0) is 16.1. The monoisotopic (exact) mass is 333 g/mol. The molecule has 0 aliphatic heterocycles. The lowest BCUT2D eigenvalue weighted by Crippen LogP contribution is -2.39. The van der Waals surface area contributed by atoms with Gasteiger partial charge in [-0.2, -0.15) is 0 Å². The van der Waals surface area contributed by atoms with Gasteiger partial charge in [0.05, 0.1) is 10.4 Å². The molecule has 21 heavy (non-hydrogen) atoms. The van der Waals surface area contributed by atoms with E-state index in [0.717, 1.165) is 5.69 Å². The Labute approximate surface area is 130 Å². The second-order valence-corrected chi connectivity index (χ2v) is 9.19. The van der Waals surface area contributed by atoms with Gasteiger partial charge in [-0.3, -0.25) is 4.79 Å². The SMILES string of the molecule is Cc1csc(NC(=O)CCCCNS(=O)(=O)C(C)(C)C)n1. The predicted octanol–water partition coefficient (Wildman–Crippen LogP) is 2.28. The molecule has 0 radical (unpaired) electrons. The minimum Gasteiger partial charge on any atom is -0.302 e. The highest BCUT2D eigenvalue weighted by atomic mass is 32.2. The van der Waals surface area contributed by atoms with Crippen LogP contribution in [-0.4, -0.2) is 30.6 Å². The summed E-state index contributed by atoms with van der Waals surface area (Å²) in [4.78, 5) is 15.8. The van der Waals surface area contributed by atoms with E-state index in [0.29, 0.717) is 30.9 Å². The van der Waals surface area contributed by atoms with Gasteiger partial charge in [-0.05, 0) is 40.5 Å². The van der Waals surface area contributed by atoms with Crippen LogP contribution in [0.2, 0.25) is 0 Å². The van der Waals surface area contributed by atoms with Gasteiger partial charge in [0.15, 0.2) is 5.13 Å². The summed E-state index contributed by atoms with van der Waals surface area (Å²) in [6, 6.07) is 0. The number of hydrogen-bond donors (Lipinski definition) is 2. The molecule has 0 saturated heterocycles. The zero-order valence-electron chi connectivity index (χ0n) is 12.9. The number of aryl methyl sites for hydroxylation is 1. The zero-order valence-corrected chi connectivity index (χ0v) is 14.5. The van der Waals surface area contributed by atoms with E-state index < -0.39 is 14.8 Å². The van der Waals surface area contributed by atoms with Gasteiger partial charge < -0.3 is 5.32 Å². The van der Waals surface area contributed by atoms with Crippen molar-refractivity contribution in [3.8, 4) is 0 Å². The number of sulfonamides is 1. The molecule has 0 atom stereocenters. The van der Waals surface area contributed by atoms with Gasteiger partial charge in [-0.1, -0.05) is 0 Å². The van der Waals surface area contributed by atoms with Gasteiger partial charge in [-0.25, -0.2) is 18.1 Å². The van der Waals surface area contributed by atoms with Crippen LogP contribution in [-0.2, 0) is 14.8 Å². The fourth-order valence-corrected chi connectivity index (χ4v) is 2.98. The fraction of sp³-hybridized carbons (Fsp3) is 0.692. The number of hydrogen-bond acceptors (Lipinski definition) is 5. The molecule has 1 amide bonds. The Hall–Kier alpha value is -0.990. The number of aromatic nitrogens is 1. The van der Waals surface area contributed by atoms with Crippen molar-refractivity contribution in [3.63, 3.8) is 0 Å². The van der Waals surface area contributed by atoms with Crippen molar-refractivity contribution in [1.29, 1.82) is 0 Å². The fourth-order valence-electron chi connectivity index (χ4n) is 1.43. The van der Waals surface area contributed by atoms with E-state index in [1.807, 2.05) is 12.3 Å². The van der Waals surface area contributed by atoms with Crippen LogP contribution in [0.15, 0.2) is 5.38 Å². The third-order valence-electron chi connectivity index (χ3n) is 2.79. The molecular weight excluding hydrogens is 310 g/mol. The molecule has 0 aliphatic carbocycles. The van der Waals surface area contributed by atoms with Crippen LogP contribution in [0.3, 0.4) is 0 Å². The molecule has 6 nitrogen and oxygen atoms in total. The third-order valence-corrected chi connectivity index (χ3v) is 5.87. The molecule has 0 spiro atoms. The first-order chi connectivity index (χ1) is 9.62. The van der Waals surface area contributed by atoms with Crippen molar-refractivity contribution in [2.45, 2.75) is 51.7 Å². The summed E-state index contributed by atoms with van der Waals surface area (Å²) in [5.74, 6) is -0.0944. The maximum Gasteiger partial charge on any atom is 0.226 e. The molecule has 0 aliphatic rings. The number of carbonyl (C=O) groups is 1. The Kier molecular flexibility index (Phi) is 6.30. The molecule has 2 N–H and O–H groups in total. The Morgan fingerprint density at radius 1 is 1.33 bits per heavy atom. The van der Waals surface area contributed by atoms with Crippen molar-refractivity contribution in [3.05, 3.63) is 11.1 Å². The van der Waals surface area contributed by atoms with Crippen LogP contribution >= 0.6 is 11.3 Å². The molecule has 0 saturated carbocycles. The van der Waals surface area contributed by atoms with Crippen molar-refractivity contribution in [1.82, 2.24) is 9.71 Å². The lowest BCUT2D eigenvalue weighted by molar-refractivity contribution is -0.116. The largest absolute Gasteiger partial charge is 0.302 e. The maximum atomic E-state index is 11.8. The van der Waals surface area contributed by atoms with Crippen molar-refractivity contribution in [2.24, 2.45) is 0 Å². The van der Waals surface area contributed by atoms with E-state index in [2.05, 4.69) is 15.0 Å². The third kappa shape index (κ3) is 6.11. The van der Waals surface area contributed by atoms with E-state index in [4.69, 9.17) is 0 Å². The molecule has 120 valence electrons. The number of thiazole rings is 1. The van der Waals surface area contributed by atoms with E-state index in [9.17, 15) is 13.2 Å². The molecule has 8 heteroatoms. The highest BCUT2D eigenvalue weighted by Crippen LogP contribution is 2.15. The van der Waals surface area contributed by atoms with Crippen LogP contribution in [0.1, 0.15) is 45.7 Å². The van der Waals surface area contributed by atoms with Gasteiger partial charge in [0, 0.05) is 18.3 Å². The molecule has 0 unspecified atom stereocenters. The number of nitrogens with zero attached hydrogens (tertiary/aromatic N) is 1. The quantitative estimate of drug-likeness (QED) is 0.749. The summed E-state index contributed by atoms with van der Waals surface area (Å²) >= 11 is 1.39. The first-order valence-electron chi connectivity index (χ1n) is 6.83. The van der Waals surface area contributed by atoms with E-state index in [1.165, 1.54) is 11.3 Å². The number of anilines is 1. The van der Waals surface area contributed by atoms with Crippen LogP contribution in [0.4, 0.5) is 5.13 Å². The summed E-state index contributed by atoms with van der Waals surface area (Å²) in [7, 11) is -3.30. The average molecular weight is 333 g/mol. The normalized spacial score (nSPS) is 12.4. The van der Waals surface area contributed by atoms with Gasteiger partial charge in [0.25, 0.3) is 0 Å². The topological polar surface area (TPSA) is 88.2 Å². The van der Waals surface area contributed by atoms with Crippen molar-refractivity contribution < 1.29 is 13.2 Å². The van der Waals surface area contributed by atoms with Crippen molar-refractivity contribution in [2.75, 3.05) is 11.9 Å². The number of rotatable bonds is 7. The van der Waals surface area contributed by atoms with Gasteiger partial charge in [0.1, 0.15) is 0 Å². The Morgan fingerprint density at radius 2 is 2.00 bits per heavy atom. The van der Waals surface area contributed by atoms with Crippen LogP contribution < -0.4 is 10.0 Å². The summed E-state index contributed by atoms with van der Waals surface area (Å²) < 4.78 is 25.3. The molecule has 1 aromatic heterocycles. The van der Waals surface area contributed by atoms with E-state index >= 15 is 0 Å². The number of nitrogens with one attached hydrogen (secondary N) is 2. The van der Waals surface area contributed by atoms with E-state index in [1.54, 1.807) is 20.8 Å². The predicted molar refractivity (Wildman–Crippen MR) is 86.0 cm³/mol. The summed E-state index contributed by atoms with van der Waals surface area (Å²) in [5.41, 5.74) is 0.881. The minimum absolute atomic E-state index is 0.0944. The second-order valence-electron chi connectivity index (χ2n) is 5.81. The molecule has 0 aromatic carbocycles. The standard InChI is InChI=1S/C13H23N3O3S2/c1-10-9-20-12(15-10)16-11(17)7-5-6-8-14-21(18,19)13(2,3)4/h9,14H,5-8H2,1-4H3,(H,15,16,17). The molecule has 0 fully saturated rings. The van der Waals surface area contributed by atoms with Gasteiger partial charge in [-0.15, -0.1) is 11.3 Å². The first kappa shape index (κ1) is 18.1. The molecule has 1 rings (SSSR count). The Bertz CT molecular complexity index is 574. The number of unbranched alkanes of at least 4 members (excludes halogenated alkanes) is 1. The first-order valence-corrected chi connectivity index (χ1v) is 9.19. The maximum absolute atomic E-state index is 11.8. The van der Waals surface area contributed by atoms with Gasteiger partial charge >= 0.3 is 0 Å². The van der Waals surface area contributed by atoms with Crippen LogP contribution in [0, 0.1) is 6.92 Å². The van der Waals surface area contributed by atoms with Crippen LogP contribution in [0.5, 0.6) is 0 Å². The summed E-state index contributed by atoms with van der Waals surface area (Å²) in [6.07, 6.45) is 1.61. The summed E-state index contributed by atoms with van der Waals surface area (Å²) in [6.45, 7) is 7.17. The molecule has 1 aromatic rings. The van der Waals surface area contributed by atoms with Gasteiger partial charge in [0.2, 0.25) is 15.9 Å². The Morgan fingerprint density at radius 3 is 2.52 bits per heavy atom. The smallest absolute Gasteiger partial charge is 0.226 e. The number of carbonyl (C=O) groups excluding carboxylic acids is 1. The Balaban J connectivity index is 2.21. The lowest BCUT2D eigenvalue weighted by Gasteiger charge is -2.19. The molecular formula is C13H23N3O3S2. The molecule has 1 heterocycles. The highest BCUT2D eigenvalue weighted by Gasteiger charge is 2.27. The molecule has 0 bridgehead atoms. The lowest BCUT2D eigenvalue weighted by atomic mass is 10.2. The van der Waals surface area contributed by atoms with Crippen molar-refractivity contribution >= 4 is 32.4 Å². The average Bonchev–Trinajstić information content (AvgIpc) is 2.72. The number of amides is 1. The summed E-state index contributed by atoms with van der Waals surface area (Å²) in [5, 5.41) is 5.20. The minimum atomic E-state index is -3.30. The van der Waals surface area contributed by atoms with Crippen LogP contribution in [0.25, 0.3) is 0 Å². The second kappa shape index (κ2) is 7.33. The highest BCUT2D eigenvalue weighted by molar-refractivity contribution is 7.90.